The number of rotatable bonds is 8. The molecular weight excluding hydrogens is 258 g/mol. The van der Waals surface area contributed by atoms with Crippen molar-refractivity contribution in [2.45, 2.75) is 56.9 Å². The van der Waals surface area contributed by atoms with Gasteiger partial charge in [-0.2, -0.15) is 0 Å². The molecule has 0 bridgehead atoms. The molecule has 1 saturated carbocycles. The number of carbonyl (C=O) groups excluding carboxylic acids is 1. The fourth-order valence-electron chi connectivity index (χ4n) is 2.56. The molecular formula is C15H25NO4. The van der Waals surface area contributed by atoms with Crippen LogP contribution in [0.5, 0.6) is 0 Å². The topological polar surface area (TPSA) is 75.6 Å². The molecule has 114 valence electrons. The lowest BCUT2D eigenvalue weighted by molar-refractivity contribution is -0.148. The molecule has 0 heterocycles. The van der Waals surface area contributed by atoms with E-state index in [-0.39, 0.29) is 5.91 Å². The van der Waals surface area contributed by atoms with Crippen molar-refractivity contribution in [3.05, 3.63) is 12.7 Å². The summed E-state index contributed by atoms with van der Waals surface area (Å²) in [6, 6.07) is 0. The summed E-state index contributed by atoms with van der Waals surface area (Å²) in [5.74, 6) is -1.10. The number of nitrogens with one attached hydrogen (secondary N) is 1. The number of amides is 1. The molecule has 0 unspecified atom stereocenters. The van der Waals surface area contributed by atoms with E-state index in [1.807, 2.05) is 0 Å². The minimum absolute atomic E-state index is 0.198. The third kappa shape index (κ3) is 5.33. The van der Waals surface area contributed by atoms with Gasteiger partial charge in [0.25, 0.3) is 0 Å². The maximum absolute atomic E-state index is 11.9. The molecule has 5 nitrogen and oxygen atoms in total. The van der Waals surface area contributed by atoms with Gasteiger partial charge in [-0.05, 0) is 19.3 Å². The van der Waals surface area contributed by atoms with Crippen LogP contribution < -0.4 is 5.32 Å². The van der Waals surface area contributed by atoms with E-state index in [1.165, 1.54) is 0 Å². The highest BCUT2D eigenvalue weighted by molar-refractivity contribution is 5.87. The van der Waals surface area contributed by atoms with Crippen LogP contribution in [0.25, 0.3) is 0 Å². The number of aliphatic carboxylic acids is 1. The molecule has 20 heavy (non-hydrogen) atoms. The average Bonchev–Trinajstić information content (AvgIpc) is 2.65. The Labute approximate surface area is 120 Å². The standard InChI is InChI=1S/C15H25NO4/c1-2-11-20-12-7-8-13(17)16-15(14(18)19)9-5-3-4-6-10-15/h2H,1,3-12H2,(H,16,17)(H,18,19). The fourth-order valence-corrected chi connectivity index (χ4v) is 2.56. The zero-order chi connectivity index (χ0) is 14.8. The van der Waals surface area contributed by atoms with Crippen molar-refractivity contribution in [1.29, 1.82) is 0 Å². The summed E-state index contributed by atoms with van der Waals surface area (Å²) in [5.41, 5.74) is -1.06. The number of hydrogen-bond acceptors (Lipinski definition) is 3. The molecule has 2 N–H and O–H groups in total. The van der Waals surface area contributed by atoms with Crippen LogP contribution in [0, 0.1) is 0 Å². The van der Waals surface area contributed by atoms with Crippen molar-refractivity contribution in [3.63, 3.8) is 0 Å². The van der Waals surface area contributed by atoms with Gasteiger partial charge in [-0.1, -0.05) is 31.8 Å². The summed E-state index contributed by atoms with van der Waals surface area (Å²) >= 11 is 0. The highest BCUT2D eigenvalue weighted by Crippen LogP contribution is 2.27. The normalized spacial score (nSPS) is 18.0. The van der Waals surface area contributed by atoms with Crippen LogP contribution in [0.15, 0.2) is 12.7 Å². The molecule has 1 aliphatic carbocycles. The highest BCUT2D eigenvalue weighted by atomic mass is 16.5. The van der Waals surface area contributed by atoms with Gasteiger partial charge in [-0.3, -0.25) is 4.79 Å². The molecule has 0 radical (unpaired) electrons. The Morgan fingerprint density at radius 3 is 2.45 bits per heavy atom. The number of hydrogen-bond donors (Lipinski definition) is 2. The van der Waals surface area contributed by atoms with Gasteiger partial charge in [0.05, 0.1) is 6.61 Å². The summed E-state index contributed by atoms with van der Waals surface area (Å²) in [6.07, 6.45) is 7.40. The lowest BCUT2D eigenvalue weighted by Crippen LogP contribution is -2.54. The van der Waals surface area contributed by atoms with Crippen molar-refractivity contribution in [1.82, 2.24) is 5.32 Å². The molecule has 1 amide bonds. The Bertz CT molecular complexity index is 333. The molecule has 0 atom stereocenters. The SMILES string of the molecule is C=CCOCCCC(=O)NC1(C(=O)O)CCCCCC1. The maximum atomic E-state index is 11.9. The Morgan fingerprint density at radius 2 is 1.90 bits per heavy atom. The first-order chi connectivity index (χ1) is 9.60. The Kier molecular flexibility index (Phi) is 7.30. The van der Waals surface area contributed by atoms with Gasteiger partial charge < -0.3 is 15.2 Å². The van der Waals surface area contributed by atoms with Crippen LogP contribution in [0.3, 0.4) is 0 Å². The monoisotopic (exact) mass is 283 g/mol. The van der Waals surface area contributed by atoms with Crippen LogP contribution in [0.1, 0.15) is 51.4 Å². The second-order valence-electron chi connectivity index (χ2n) is 5.32. The first-order valence-corrected chi connectivity index (χ1v) is 7.34. The van der Waals surface area contributed by atoms with Crippen LogP contribution >= 0.6 is 0 Å². The van der Waals surface area contributed by atoms with E-state index in [1.54, 1.807) is 6.08 Å². The van der Waals surface area contributed by atoms with Crippen molar-refractivity contribution in [2.24, 2.45) is 0 Å². The largest absolute Gasteiger partial charge is 0.480 e. The summed E-state index contributed by atoms with van der Waals surface area (Å²) in [7, 11) is 0. The van der Waals surface area contributed by atoms with Crippen molar-refractivity contribution in [3.8, 4) is 0 Å². The predicted octanol–water partition coefficient (Wildman–Crippen LogP) is 2.26. The molecule has 1 rings (SSSR count). The zero-order valence-electron chi connectivity index (χ0n) is 12.0. The van der Waals surface area contributed by atoms with Gasteiger partial charge in [0, 0.05) is 13.0 Å². The second-order valence-corrected chi connectivity index (χ2v) is 5.32. The number of carboxylic acid groups (broad SMARTS) is 1. The van der Waals surface area contributed by atoms with Crippen LogP contribution in [-0.4, -0.2) is 35.7 Å². The maximum Gasteiger partial charge on any atom is 0.329 e. The summed E-state index contributed by atoms with van der Waals surface area (Å²) in [4.78, 5) is 23.4. The van der Waals surface area contributed by atoms with Gasteiger partial charge >= 0.3 is 5.97 Å². The summed E-state index contributed by atoms with van der Waals surface area (Å²) in [5, 5.41) is 12.2. The van der Waals surface area contributed by atoms with E-state index in [0.717, 1.165) is 25.7 Å². The zero-order valence-corrected chi connectivity index (χ0v) is 12.0. The van der Waals surface area contributed by atoms with E-state index in [2.05, 4.69) is 11.9 Å². The van der Waals surface area contributed by atoms with Crippen LogP contribution in [-0.2, 0) is 14.3 Å². The number of carbonyl (C=O) groups is 2. The lowest BCUT2D eigenvalue weighted by Gasteiger charge is -2.29. The second kappa shape index (κ2) is 8.74. The molecule has 0 aromatic heterocycles. The Hall–Kier alpha value is -1.36. The van der Waals surface area contributed by atoms with Crippen molar-refractivity contribution >= 4 is 11.9 Å². The molecule has 0 saturated heterocycles. The molecule has 1 aliphatic rings. The van der Waals surface area contributed by atoms with Crippen molar-refractivity contribution in [2.75, 3.05) is 13.2 Å². The van der Waals surface area contributed by atoms with Crippen molar-refractivity contribution < 1.29 is 19.4 Å². The van der Waals surface area contributed by atoms with E-state index in [9.17, 15) is 14.7 Å². The molecule has 1 fully saturated rings. The third-order valence-electron chi connectivity index (χ3n) is 3.67. The predicted molar refractivity (Wildman–Crippen MR) is 76.5 cm³/mol. The summed E-state index contributed by atoms with van der Waals surface area (Å²) < 4.78 is 5.20. The van der Waals surface area contributed by atoms with Crippen LogP contribution in [0.2, 0.25) is 0 Å². The van der Waals surface area contributed by atoms with Crippen LogP contribution in [0.4, 0.5) is 0 Å². The van der Waals surface area contributed by atoms with Gasteiger partial charge in [-0.25, -0.2) is 4.79 Å². The third-order valence-corrected chi connectivity index (χ3v) is 3.67. The van der Waals surface area contributed by atoms with Gasteiger partial charge in [-0.15, -0.1) is 6.58 Å². The molecule has 0 spiro atoms. The quantitative estimate of drug-likeness (QED) is 0.407. The number of ether oxygens (including phenoxy) is 1. The van der Waals surface area contributed by atoms with Gasteiger partial charge in [0.1, 0.15) is 5.54 Å². The highest BCUT2D eigenvalue weighted by Gasteiger charge is 2.39. The first-order valence-electron chi connectivity index (χ1n) is 7.34. The molecule has 0 aromatic rings. The number of carboxylic acids is 1. The van der Waals surface area contributed by atoms with Gasteiger partial charge in [0.15, 0.2) is 0 Å². The van der Waals surface area contributed by atoms with E-state index in [0.29, 0.717) is 38.9 Å². The smallest absolute Gasteiger partial charge is 0.329 e. The average molecular weight is 283 g/mol. The van der Waals surface area contributed by atoms with Gasteiger partial charge in [0.2, 0.25) is 5.91 Å². The summed E-state index contributed by atoms with van der Waals surface area (Å²) in [6.45, 7) is 4.50. The Morgan fingerprint density at radius 1 is 1.25 bits per heavy atom. The Balaban J connectivity index is 2.42. The molecule has 0 aliphatic heterocycles. The minimum Gasteiger partial charge on any atom is -0.480 e. The fraction of sp³-hybridized carbons (Fsp3) is 0.733. The van der Waals surface area contributed by atoms with E-state index >= 15 is 0 Å². The van der Waals surface area contributed by atoms with E-state index < -0.39 is 11.5 Å². The minimum atomic E-state index is -1.06. The molecule has 5 heteroatoms. The van der Waals surface area contributed by atoms with E-state index in [4.69, 9.17) is 4.74 Å². The lowest BCUT2D eigenvalue weighted by atomic mass is 9.90. The molecule has 0 aromatic carbocycles. The first kappa shape index (κ1) is 16.7.